The van der Waals surface area contributed by atoms with Gasteiger partial charge in [0, 0.05) is 7.05 Å². The van der Waals surface area contributed by atoms with Crippen molar-refractivity contribution in [3.63, 3.8) is 0 Å². The molecule has 2 rings (SSSR count). The lowest BCUT2D eigenvalue weighted by Crippen LogP contribution is -2.45. The van der Waals surface area contributed by atoms with Crippen LogP contribution in [0.5, 0.6) is 5.75 Å². The molecule has 0 aromatic heterocycles. The van der Waals surface area contributed by atoms with E-state index in [1.165, 1.54) is 7.11 Å². The van der Waals surface area contributed by atoms with Gasteiger partial charge < -0.3 is 19.1 Å². The van der Waals surface area contributed by atoms with Crippen LogP contribution in [0.25, 0.3) is 0 Å². The van der Waals surface area contributed by atoms with Crippen LogP contribution >= 0.6 is 0 Å². The Bertz CT molecular complexity index is 591. The SMILES string of the molecule is COC(=O)c1ccc2c(c1)N(C)CC(C(=O)OC(C)(C)C)O2. The number of fused-ring (bicyclic) bond motifs is 1. The van der Waals surface area contributed by atoms with Crippen LogP contribution < -0.4 is 9.64 Å². The average Bonchev–Trinajstić information content (AvgIpc) is 2.44. The van der Waals surface area contributed by atoms with E-state index in [0.29, 0.717) is 17.9 Å². The van der Waals surface area contributed by atoms with Crippen LogP contribution in [-0.4, -0.2) is 44.3 Å². The molecule has 120 valence electrons. The van der Waals surface area contributed by atoms with Gasteiger partial charge in [0.2, 0.25) is 6.10 Å². The van der Waals surface area contributed by atoms with Gasteiger partial charge >= 0.3 is 11.9 Å². The predicted molar refractivity (Wildman–Crippen MR) is 81.3 cm³/mol. The Balaban J connectivity index is 2.21. The molecule has 1 heterocycles. The third-order valence-corrected chi connectivity index (χ3v) is 3.17. The molecule has 6 nitrogen and oxygen atoms in total. The van der Waals surface area contributed by atoms with E-state index in [9.17, 15) is 9.59 Å². The molecule has 0 amide bonds. The fourth-order valence-electron chi connectivity index (χ4n) is 2.19. The number of methoxy groups -OCH3 is 1. The van der Waals surface area contributed by atoms with Crippen LogP contribution in [-0.2, 0) is 14.3 Å². The number of anilines is 1. The number of esters is 2. The van der Waals surface area contributed by atoms with Gasteiger partial charge in [0.05, 0.1) is 24.9 Å². The van der Waals surface area contributed by atoms with E-state index in [1.54, 1.807) is 18.2 Å². The highest BCUT2D eigenvalue weighted by atomic mass is 16.6. The standard InChI is InChI=1S/C16H21NO5/c1-16(2,3)22-15(19)13-9-17(4)11-8-10(14(18)20-5)6-7-12(11)21-13/h6-8,13H,9H2,1-5H3. The van der Waals surface area contributed by atoms with Crippen LogP contribution in [0, 0.1) is 0 Å². The van der Waals surface area contributed by atoms with E-state index >= 15 is 0 Å². The first-order chi connectivity index (χ1) is 10.2. The highest BCUT2D eigenvalue weighted by Gasteiger charge is 2.33. The van der Waals surface area contributed by atoms with Gasteiger partial charge in [-0.2, -0.15) is 0 Å². The van der Waals surface area contributed by atoms with Crippen molar-refractivity contribution in [3.8, 4) is 5.75 Å². The number of ether oxygens (including phenoxy) is 3. The maximum Gasteiger partial charge on any atom is 0.349 e. The van der Waals surface area contributed by atoms with Gasteiger partial charge in [-0.25, -0.2) is 9.59 Å². The first-order valence-electron chi connectivity index (χ1n) is 7.04. The molecule has 1 aliphatic heterocycles. The van der Waals surface area contributed by atoms with Gasteiger partial charge in [-0.1, -0.05) is 0 Å². The Labute approximate surface area is 129 Å². The maximum atomic E-state index is 12.1. The summed E-state index contributed by atoms with van der Waals surface area (Å²) in [5.41, 5.74) is 0.615. The van der Waals surface area contributed by atoms with Gasteiger partial charge in [-0.15, -0.1) is 0 Å². The number of nitrogens with zero attached hydrogens (tertiary/aromatic N) is 1. The lowest BCUT2D eigenvalue weighted by molar-refractivity contribution is -0.163. The van der Waals surface area contributed by atoms with Crippen LogP contribution in [0.15, 0.2) is 18.2 Å². The molecule has 1 aromatic rings. The zero-order chi connectivity index (χ0) is 16.5. The third-order valence-electron chi connectivity index (χ3n) is 3.17. The zero-order valence-corrected chi connectivity index (χ0v) is 13.5. The summed E-state index contributed by atoms with van der Waals surface area (Å²) in [6.45, 7) is 5.79. The average molecular weight is 307 g/mol. The number of hydrogen-bond donors (Lipinski definition) is 0. The number of benzene rings is 1. The van der Waals surface area contributed by atoms with Crippen molar-refractivity contribution in [1.29, 1.82) is 0 Å². The van der Waals surface area contributed by atoms with Crippen molar-refractivity contribution in [1.82, 2.24) is 0 Å². The summed E-state index contributed by atoms with van der Waals surface area (Å²) in [6.07, 6.45) is -0.694. The molecular weight excluding hydrogens is 286 g/mol. The fourth-order valence-corrected chi connectivity index (χ4v) is 2.19. The van der Waals surface area contributed by atoms with E-state index in [2.05, 4.69) is 0 Å². The van der Waals surface area contributed by atoms with Crippen LogP contribution in [0.4, 0.5) is 5.69 Å². The van der Waals surface area contributed by atoms with Gasteiger partial charge in [-0.05, 0) is 39.0 Å². The smallest absolute Gasteiger partial charge is 0.349 e. The number of carbonyl (C=O) groups excluding carboxylic acids is 2. The second-order valence-corrected chi connectivity index (χ2v) is 6.19. The van der Waals surface area contributed by atoms with Crippen molar-refractivity contribution in [2.24, 2.45) is 0 Å². The second kappa shape index (κ2) is 5.87. The number of rotatable bonds is 2. The lowest BCUT2D eigenvalue weighted by Gasteiger charge is -2.34. The van der Waals surface area contributed by atoms with Crippen molar-refractivity contribution in [2.75, 3.05) is 25.6 Å². The van der Waals surface area contributed by atoms with Crippen LogP contribution in [0.2, 0.25) is 0 Å². The Kier molecular flexibility index (Phi) is 4.30. The maximum absolute atomic E-state index is 12.1. The zero-order valence-electron chi connectivity index (χ0n) is 13.5. The van der Waals surface area contributed by atoms with Crippen LogP contribution in [0.1, 0.15) is 31.1 Å². The molecule has 22 heavy (non-hydrogen) atoms. The van der Waals surface area contributed by atoms with Crippen molar-refractivity contribution in [3.05, 3.63) is 23.8 Å². The molecule has 1 unspecified atom stereocenters. The molecule has 0 bridgehead atoms. The van der Waals surface area contributed by atoms with E-state index in [4.69, 9.17) is 14.2 Å². The summed E-state index contributed by atoms with van der Waals surface area (Å²) >= 11 is 0. The Morgan fingerprint density at radius 2 is 2.00 bits per heavy atom. The van der Waals surface area contributed by atoms with E-state index in [0.717, 1.165) is 5.69 Å². The molecule has 0 saturated carbocycles. The van der Waals surface area contributed by atoms with Crippen molar-refractivity contribution in [2.45, 2.75) is 32.5 Å². The molecule has 0 radical (unpaired) electrons. The minimum Gasteiger partial charge on any atom is -0.475 e. The molecule has 0 N–H and O–H groups in total. The molecule has 1 atom stereocenters. The van der Waals surface area contributed by atoms with Crippen LogP contribution in [0.3, 0.4) is 0 Å². The number of hydrogen-bond acceptors (Lipinski definition) is 6. The van der Waals surface area contributed by atoms with Crippen molar-refractivity contribution < 1.29 is 23.8 Å². The lowest BCUT2D eigenvalue weighted by atomic mass is 10.1. The first-order valence-corrected chi connectivity index (χ1v) is 7.04. The molecule has 6 heteroatoms. The molecule has 0 spiro atoms. The van der Waals surface area contributed by atoms with Gasteiger partial charge in [0.1, 0.15) is 11.4 Å². The Morgan fingerprint density at radius 1 is 1.32 bits per heavy atom. The van der Waals surface area contributed by atoms with E-state index in [1.807, 2.05) is 32.7 Å². The minimum absolute atomic E-state index is 0.354. The van der Waals surface area contributed by atoms with Gasteiger partial charge in [0.15, 0.2) is 0 Å². The summed E-state index contributed by atoms with van der Waals surface area (Å²) in [5, 5.41) is 0. The van der Waals surface area contributed by atoms with E-state index in [-0.39, 0.29) is 0 Å². The summed E-state index contributed by atoms with van der Waals surface area (Å²) in [5.74, 6) is -0.273. The number of likely N-dealkylation sites (N-methyl/N-ethyl adjacent to an activating group) is 1. The highest BCUT2D eigenvalue weighted by molar-refractivity contribution is 5.91. The molecule has 0 aliphatic carbocycles. The monoisotopic (exact) mass is 307 g/mol. The number of carbonyl (C=O) groups is 2. The third kappa shape index (κ3) is 3.50. The topological polar surface area (TPSA) is 65.1 Å². The van der Waals surface area contributed by atoms with Gasteiger partial charge in [-0.3, -0.25) is 0 Å². The molecule has 0 fully saturated rings. The first kappa shape index (κ1) is 16.1. The van der Waals surface area contributed by atoms with Crippen molar-refractivity contribution >= 4 is 17.6 Å². The molecule has 0 saturated heterocycles. The summed E-state index contributed by atoms with van der Waals surface area (Å²) in [6, 6.07) is 4.96. The predicted octanol–water partition coefficient (Wildman–Crippen LogP) is 2.01. The Hall–Kier alpha value is -2.24. The normalized spacial score (nSPS) is 17.3. The summed E-state index contributed by atoms with van der Waals surface area (Å²) < 4.78 is 15.8. The quantitative estimate of drug-likeness (QED) is 0.779. The summed E-state index contributed by atoms with van der Waals surface area (Å²) in [7, 11) is 3.17. The molecule has 1 aromatic carbocycles. The molecule has 1 aliphatic rings. The van der Waals surface area contributed by atoms with E-state index < -0.39 is 23.6 Å². The molecular formula is C16H21NO5. The largest absolute Gasteiger partial charge is 0.475 e. The highest BCUT2D eigenvalue weighted by Crippen LogP contribution is 2.34. The fraction of sp³-hybridized carbons (Fsp3) is 0.500. The second-order valence-electron chi connectivity index (χ2n) is 6.19. The Morgan fingerprint density at radius 3 is 2.59 bits per heavy atom. The summed E-state index contributed by atoms with van der Waals surface area (Å²) in [4.78, 5) is 25.6. The van der Waals surface area contributed by atoms with Gasteiger partial charge in [0.25, 0.3) is 0 Å². The minimum atomic E-state index is -0.694.